The molecule has 1 aliphatic heterocycles. The number of nitrogens with one attached hydrogen (secondary N) is 3. The van der Waals surface area contributed by atoms with Gasteiger partial charge < -0.3 is 15.2 Å². The third kappa shape index (κ3) is 5.08. The zero-order valence-electron chi connectivity index (χ0n) is 18.5. The number of hydrogen-bond acceptors (Lipinski definition) is 8. The number of nitrogens with zero attached hydrogens (tertiary/aromatic N) is 1. The molecule has 0 unspecified atom stereocenters. The zero-order valence-corrected chi connectivity index (χ0v) is 20.1. The average Bonchev–Trinajstić information content (AvgIpc) is 3.26. The van der Waals surface area contributed by atoms with Gasteiger partial charge in [-0.2, -0.15) is 0 Å². The van der Waals surface area contributed by atoms with Crippen LogP contribution < -0.4 is 15.4 Å². The molecule has 0 bridgehead atoms. The van der Waals surface area contributed by atoms with Crippen LogP contribution >= 0.6 is 11.8 Å². The number of sulfonamides is 1. The number of carbonyl (C=O) groups excluding carboxylic acids is 1. The van der Waals surface area contributed by atoms with Crippen LogP contribution in [0.1, 0.15) is 16.1 Å². The maximum absolute atomic E-state index is 12.7. The van der Waals surface area contributed by atoms with Gasteiger partial charge in [0.2, 0.25) is 5.88 Å². The molecule has 0 atom stereocenters. The summed E-state index contributed by atoms with van der Waals surface area (Å²) in [5.74, 6) is -0.108. The van der Waals surface area contributed by atoms with Gasteiger partial charge in [0.15, 0.2) is 5.78 Å². The van der Waals surface area contributed by atoms with Crippen LogP contribution in [0.15, 0.2) is 104 Å². The van der Waals surface area contributed by atoms with E-state index in [9.17, 15) is 13.2 Å². The topological polar surface area (TPSA) is 113 Å². The van der Waals surface area contributed by atoms with Gasteiger partial charge in [-0.1, -0.05) is 29.1 Å². The second kappa shape index (κ2) is 9.32. The Morgan fingerprint density at radius 3 is 2.54 bits per heavy atom. The number of para-hydroxylation sites is 1. The van der Waals surface area contributed by atoms with Crippen LogP contribution in [-0.2, 0) is 10.0 Å². The van der Waals surface area contributed by atoms with E-state index >= 15 is 0 Å². The average molecular weight is 505 g/mol. The van der Waals surface area contributed by atoms with Gasteiger partial charge in [0.25, 0.3) is 10.0 Å². The van der Waals surface area contributed by atoms with Gasteiger partial charge in [-0.3, -0.25) is 4.79 Å². The summed E-state index contributed by atoms with van der Waals surface area (Å²) in [6.07, 6.45) is 2.96. The summed E-state index contributed by atoms with van der Waals surface area (Å²) >= 11 is 1.66. The molecule has 4 aromatic rings. The third-order valence-corrected chi connectivity index (χ3v) is 7.67. The van der Waals surface area contributed by atoms with Crippen molar-refractivity contribution in [2.24, 2.45) is 0 Å². The first-order chi connectivity index (χ1) is 16.9. The summed E-state index contributed by atoms with van der Waals surface area (Å²) in [6, 6.07) is 21.2. The second-order valence-corrected chi connectivity index (χ2v) is 10.5. The summed E-state index contributed by atoms with van der Waals surface area (Å²) < 4.78 is 32.2. The Morgan fingerprint density at radius 1 is 1.00 bits per heavy atom. The van der Waals surface area contributed by atoms with E-state index in [0.717, 1.165) is 21.2 Å². The molecule has 0 radical (unpaired) electrons. The van der Waals surface area contributed by atoms with Crippen molar-refractivity contribution in [3.05, 3.63) is 96.3 Å². The van der Waals surface area contributed by atoms with E-state index < -0.39 is 10.0 Å². The van der Waals surface area contributed by atoms with E-state index in [0.29, 0.717) is 16.9 Å². The van der Waals surface area contributed by atoms with Gasteiger partial charge >= 0.3 is 0 Å². The number of fused-ring (bicyclic) bond motifs is 2. The van der Waals surface area contributed by atoms with Gasteiger partial charge in [-0.05, 0) is 61.5 Å². The lowest BCUT2D eigenvalue weighted by atomic mass is 10.1. The third-order valence-electron chi connectivity index (χ3n) is 5.15. The van der Waals surface area contributed by atoms with Crippen LogP contribution in [0.5, 0.6) is 0 Å². The Hall–Kier alpha value is -4.02. The number of allylic oxidation sites excluding steroid dienone is 1. The summed E-state index contributed by atoms with van der Waals surface area (Å²) in [5, 5.41) is 10.0. The van der Waals surface area contributed by atoms with Crippen molar-refractivity contribution < 1.29 is 17.7 Å². The van der Waals surface area contributed by atoms with Crippen LogP contribution in [0.25, 0.3) is 0 Å². The lowest BCUT2D eigenvalue weighted by Crippen LogP contribution is -2.12. The minimum absolute atomic E-state index is 0.0475. The lowest BCUT2D eigenvalue weighted by Gasteiger charge is -2.20. The quantitative estimate of drug-likeness (QED) is 0.188. The van der Waals surface area contributed by atoms with Gasteiger partial charge in [0, 0.05) is 39.4 Å². The first kappa shape index (κ1) is 22.8. The highest BCUT2D eigenvalue weighted by atomic mass is 32.2. The zero-order chi connectivity index (χ0) is 24.4. The highest BCUT2D eigenvalue weighted by Crippen LogP contribution is 2.44. The van der Waals surface area contributed by atoms with E-state index in [-0.39, 0.29) is 16.6 Å². The Kier molecular flexibility index (Phi) is 6.06. The van der Waals surface area contributed by atoms with Crippen molar-refractivity contribution in [2.45, 2.75) is 21.6 Å². The van der Waals surface area contributed by atoms with Gasteiger partial charge in [0.05, 0.1) is 22.0 Å². The van der Waals surface area contributed by atoms with Crippen molar-refractivity contribution in [3.8, 4) is 0 Å². The fourth-order valence-electron chi connectivity index (χ4n) is 3.44. The molecule has 176 valence electrons. The van der Waals surface area contributed by atoms with Gasteiger partial charge in [0.1, 0.15) is 0 Å². The fraction of sp³-hybridized carbons (Fsp3) is 0.0400. The molecule has 5 rings (SSSR count). The van der Waals surface area contributed by atoms with Crippen LogP contribution in [0, 0.1) is 6.92 Å². The largest absolute Gasteiger partial charge is 0.362 e. The smallest absolute Gasteiger partial charge is 0.264 e. The molecule has 0 fully saturated rings. The molecule has 10 heteroatoms. The minimum atomic E-state index is -3.80. The van der Waals surface area contributed by atoms with E-state index in [2.05, 4.69) is 26.6 Å². The number of aryl methyl sites for hydroxylation is 1. The summed E-state index contributed by atoms with van der Waals surface area (Å²) in [4.78, 5) is 14.9. The van der Waals surface area contributed by atoms with Crippen LogP contribution in [0.4, 0.5) is 22.9 Å². The second-order valence-electron chi connectivity index (χ2n) is 7.74. The number of aromatic nitrogens is 1. The standard InChI is InChI=1S/C25H20N4O4S2/c1-16-14-25(33-28-16)29-35(31,32)19-9-7-18(8-10-19)26-13-12-22(30)17-6-11-24-21(15-17)27-20-4-2-3-5-23(20)34-24/h2-15,26-27,29H,1H3/b13-12-. The molecule has 0 saturated heterocycles. The van der Waals surface area contributed by atoms with Crippen molar-refractivity contribution >= 4 is 50.5 Å². The minimum Gasteiger partial charge on any atom is -0.362 e. The van der Waals surface area contributed by atoms with Crippen molar-refractivity contribution in [3.63, 3.8) is 0 Å². The Labute approximate surface area is 206 Å². The molecular weight excluding hydrogens is 484 g/mol. The van der Waals surface area contributed by atoms with Crippen LogP contribution in [-0.4, -0.2) is 19.4 Å². The maximum Gasteiger partial charge on any atom is 0.264 e. The Morgan fingerprint density at radius 2 is 1.77 bits per heavy atom. The molecule has 0 saturated carbocycles. The Balaban J connectivity index is 1.22. The lowest BCUT2D eigenvalue weighted by molar-refractivity contribution is 0.104. The number of ketones is 1. The highest BCUT2D eigenvalue weighted by Gasteiger charge is 2.17. The summed E-state index contributed by atoms with van der Waals surface area (Å²) in [5.41, 5.74) is 3.67. The van der Waals surface area contributed by atoms with E-state index in [4.69, 9.17) is 4.52 Å². The number of anilines is 4. The molecule has 3 aromatic carbocycles. The van der Waals surface area contributed by atoms with E-state index in [1.165, 1.54) is 30.5 Å². The predicted molar refractivity (Wildman–Crippen MR) is 136 cm³/mol. The monoisotopic (exact) mass is 504 g/mol. The molecule has 0 amide bonds. The first-order valence-corrected chi connectivity index (χ1v) is 12.9. The van der Waals surface area contributed by atoms with Gasteiger partial charge in [-0.15, -0.1) is 0 Å². The summed E-state index contributed by atoms with van der Waals surface area (Å²) in [7, 11) is -3.80. The first-order valence-electron chi connectivity index (χ1n) is 10.6. The fourth-order valence-corrected chi connectivity index (χ4v) is 5.38. The molecule has 1 aliphatic rings. The molecule has 35 heavy (non-hydrogen) atoms. The number of carbonyl (C=O) groups is 1. The Bertz CT molecular complexity index is 1540. The van der Waals surface area contributed by atoms with Gasteiger partial charge in [-0.25, -0.2) is 13.1 Å². The van der Waals surface area contributed by atoms with Crippen molar-refractivity contribution in [1.82, 2.24) is 5.16 Å². The predicted octanol–water partition coefficient (Wildman–Crippen LogP) is 5.80. The number of rotatable bonds is 7. The summed E-state index contributed by atoms with van der Waals surface area (Å²) in [6.45, 7) is 1.70. The van der Waals surface area contributed by atoms with Crippen molar-refractivity contribution in [1.29, 1.82) is 0 Å². The SMILES string of the molecule is Cc1cc(NS(=O)(=O)c2ccc(N/C=C\C(=O)c3ccc4c(c3)Nc3ccccc3S4)cc2)on1. The molecule has 1 aromatic heterocycles. The highest BCUT2D eigenvalue weighted by molar-refractivity contribution is 7.99. The molecule has 2 heterocycles. The molecule has 0 aliphatic carbocycles. The molecule has 8 nitrogen and oxygen atoms in total. The number of hydrogen-bond donors (Lipinski definition) is 3. The van der Waals surface area contributed by atoms with E-state index in [1.54, 1.807) is 36.9 Å². The molecular formula is C25H20N4O4S2. The van der Waals surface area contributed by atoms with Crippen molar-refractivity contribution in [2.75, 3.05) is 15.4 Å². The molecule has 3 N–H and O–H groups in total. The van der Waals surface area contributed by atoms with E-state index in [1.807, 2.05) is 30.3 Å². The normalized spacial score (nSPS) is 12.5. The molecule has 0 spiro atoms. The van der Waals surface area contributed by atoms with Crippen LogP contribution in [0.2, 0.25) is 0 Å². The van der Waals surface area contributed by atoms with Crippen LogP contribution in [0.3, 0.4) is 0 Å². The number of benzene rings is 3. The maximum atomic E-state index is 12.7.